The van der Waals surface area contributed by atoms with Crippen LogP contribution in [-0.2, 0) is 6.54 Å². The zero-order valence-electron chi connectivity index (χ0n) is 11.3. The van der Waals surface area contributed by atoms with Gasteiger partial charge in [-0.1, -0.05) is 6.07 Å². The molecule has 1 aromatic carbocycles. The molecule has 0 saturated heterocycles. The van der Waals surface area contributed by atoms with Crippen LogP contribution in [-0.4, -0.2) is 32.9 Å². The predicted octanol–water partition coefficient (Wildman–Crippen LogP) is 1.97. The number of aromatic nitrogens is 1. The van der Waals surface area contributed by atoms with Gasteiger partial charge in [0.15, 0.2) is 0 Å². The lowest BCUT2D eigenvalue weighted by molar-refractivity contribution is -0.385. The van der Waals surface area contributed by atoms with Crippen LogP contribution in [0.3, 0.4) is 0 Å². The van der Waals surface area contributed by atoms with Crippen LogP contribution in [0.25, 0.3) is 0 Å². The summed E-state index contributed by atoms with van der Waals surface area (Å²) in [5.74, 6) is -0.751. The first-order valence-electron chi connectivity index (χ1n) is 6.12. The standard InChI is InChI=1S/C14H13N3O4/c1-16(9-10-4-2-3-7-15-10)14(19)12-8-11(18)5-6-13(12)17(20)21/h2-8,18H,9H2,1H3. The number of carbonyl (C=O) groups is 1. The van der Waals surface area contributed by atoms with E-state index in [9.17, 15) is 20.0 Å². The van der Waals surface area contributed by atoms with Gasteiger partial charge < -0.3 is 10.0 Å². The number of nitro groups is 1. The normalized spacial score (nSPS) is 10.1. The van der Waals surface area contributed by atoms with Crippen molar-refractivity contribution >= 4 is 11.6 Å². The average Bonchev–Trinajstić information content (AvgIpc) is 2.47. The summed E-state index contributed by atoms with van der Waals surface area (Å²) in [4.78, 5) is 28.0. The van der Waals surface area contributed by atoms with E-state index in [1.54, 1.807) is 24.4 Å². The first-order chi connectivity index (χ1) is 9.99. The van der Waals surface area contributed by atoms with Gasteiger partial charge in [-0.05, 0) is 24.3 Å². The summed E-state index contributed by atoms with van der Waals surface area (Å²) in [5.41, 5.74) is 0.167. The highest BCUT2D eigenvalue weighted by atomic mass is 16.6. The molecule has 7 heteroatoms. The van der Waals surface area contributed by atoms with Gasteiger partial charge in [0.05, 0.1) is 17.2 Å². The molecule has 0 atom stereocenters. The molecule has 0 unspecified atom stereocenters. The van der Waals surface area contributed by atoms with E-state index in [4.69, 9.17) is 0 Å². The van der Waals surface area contributed by atoms with Crippen LogP contribution in [0.1, 0.15) is 16.1 Å². The molecule has 108 valence electrons. The van der Waals surface area contributed by atoms with Gasteiger partial charge in [0.1, 0.15) is 11.3 Å². The van der Waals surface area contributed by atoms with Crippen LogP contribution in [0.15, 0.2) is 42.6 Å². The van der Waals surface area contributed by atoms with E-state index < -0.39 is 10.8 Å². The number of aromatic hydroxyl groups is 1. The van der Waals surface area contributed by atoms with Crippen LogP contribution < -0.4 is 0 Å². The third-order valence-corrected chi connectivity index (χ3v) is 2.88. The minimum Gasteiger partial charge on any atom is -0.508 e. The molecule has 0 aliphatic rings. The molecule has 0 aliphatic heterocycles. The van der Waals surface area contributed by atoms with E-state index in [1.165, 1.54) is 18.0 Å². The summed E-state index contributed by atoms with van der Waals surface area (Å²) in [6, 6.07) is 8.67. The van der Waals surface area contributed by atoms with Crippen molar-refractivity contribution in [2.45, 2.75) is 6.54 Å². The van der Waals surface area contributed by atoms with Gasteiger partial charge in [-0.25, -0.2) is 0 Å². The van der Waals surface area contributed by atoms with Gasteiger partial charge >= 0.3 is 0 Å². The quantitative estimate of drug-likeness (QED) is 0.685. The lowest BCUT2D eigenvalue weighted by atomic mass is 10.1. The molecule has 2 aromatic rings. The molecule has 0 radical (unpaired) electrons. The fourth-order valence-corrected chi connectivity index (χ4v) is 1.87. The Kier molecular flexibility index (Phi) is 4.13. The van der Waals surface area contributed by atoms with Crippen molar-refractivity contribution in [1.82, 2.24) is 9.88 Å². The predicted molar refractivity (Wildman–Crippen MR) is 74.8 cm³/mol. The smallest absolute Gasteiger partial charge is 0.282 e. The fourth-order valence-electron chi connectivity index (χ4n) is 1.87. The van der Waals surface area contributed by atoms with E-state index in [-0.39, 0.29) is 23.5 Å². The maximum atomic E-state index is 12.3. The molecular weight excluding hydrogens is 274 g/mol. The van der Waals surface area contributed by atoms with Crippen LogP contribution in [0.5, 0.6) is 5.75 Å². The highest BCUT2D eigenvalue weighted by molar-refractivity contribution is 5.98. The lowest BCUT2D eigenvalue weighted by Crippen LogP contribution is -2.27. The van der Waals surface area contributed by atoms with Gasteiger partial charge in [-0.15, -0.1) is 0 Å². The molecule has 21 heavy (non-hydrogen) atoms. The monoisotopic (exact) mass is 287 g/mol. The Morgan fingerprint density at radius 2 is 2.14 bits per heavy atom. The number of phenolic OH excluding ortho intramolecular Hbond substituents is 1. The van der Waals surface area contributed by atoms with E-state index in [2.05, 4.69) is 4.98 Å². The summed E-state index contributed by atoms with van der Waals surface area (Å²) < 4.78 is 0. The van der Waals surface area contributed by atoms with Crippen molar-refractivity contribution in [2.24, 2.45) is 0 Å². The Morgan fingerprint density at radius 3 is 2.76 bits per heavy atom. The molecule has 0 aliphatic carbocycles. The number of hydrogen-bond donors (Lipinski definition) is 1. The summed E-state index contributed by atoms with van der Waals surface area (Å²) in [6.45, 7) is 0.215. The number of pyridine rings is 1. The average molecular weight is 287 g/mol. The van der Waals surface area contributed by atoms with Crippen molar-refractivity contribution in [3.8, 4) is 5.75 Å². The van der Waals surface area contributed by atoms with Gasteiger partial charge in [0, 0.05) is 19.3 Å². The lowest BCUT2D eigenvalue weighted by Gasteiger charge is -2.16. The number of hydrogen-bond acceptors (Lipinski definition) is 5. The maximum absolute atomic E-state index is 12.3. The maximum Gasteiger partial charge on any atom is 0.282 e. The highest BCUT2D eigenvalue weighted by Crippen LogP contribution is 2.24. The number of nitrogens with zero attached hydrogens (tertiary/aromatic N) is 3. The number of rotatable bonds is 4. The highest BCUT2D eigenvalue weighted by Gasteiger charge is 2.23. The van der Waals surface area contributed by atoms with Gasteiger partial charge in [0.2, 0.25) is 0 Å². The molecular formula is C14H13N3O4. The molecule has 0 fully saturated rings. The summed E-state index contributed by atoms with van der Waals surface area (Å²) in [5, 5.41) is 20.4. The minimum atomic E-state index is -0.652. The largest absolute Gasteiger partial charge is 0.508 e. The summed E-state index contributed by atoms with van der Waals surface area (Å²) in [7, 11) is 1.52. The topological polar surface area (TPSA) is 96.6 Å². The van der Waals surface area contributed by atoms with Crippen LogP contribution in [0, 0.1) is 10.1 Å². The number of amides is 1. The summed E-state index contributed by atoms with van der Waals surface area (Å²) >= 11 is 0. The van der Waals surface area contributed by atoms with E-state index in [0.29, 0.717) is 5.69 Å². The second kappa shape index (κ2) is 6.00. The number of benzene rings is 1. The number of nitro benzene ring substituents is 1. The number of phenols is 1. The SMILES string of the molecule is CN(Cc1ccccn1)C(=O)c1cc(O)ccc1[N+](=O)[O-]. The molecule has 0 bridgehead atoms. The molecule has 7 nitrogen and oxygen atoms in total. The van der Waals surface area contributed by atoms with Crippen molar-refractivity contribution in [3.63, 3.8) is 0 Å². The molecule has 1 aromatic heterocycles. The molecule has 0 spiro atoms. The Hall–Kier alpha value is -2.96. The molecule has 1 heterocycles. The third kappa shape index (κ3) is 3.33. The van der Waals surface area contributed by atoms with Gasteiger partial charge in [-0.2, -0.15) is 0 Å². The first kappa shape index (κ1) is 14.4. The minimum absolute atomic E-state index is 0.154. The Balaban J connectivity index is 2.27. The second-order valence-electron chi connectivity index (χ2n) is 4.44. The van der Waals surface area contributed by atoms with Crippen LogP contribution in [0.4, 0.5) is 5.69 Å². The third-order valence-electron chi connectivity index (χ3n) is 2.88. The Bertz CT molecular complexity index is 673. The van der Waals surface area contributed by atoms with Crippen molar-refractivity contribution < 1.29 is 14.8 Å². The fraction of sp³-hybridized carbons (Fsp3) is 0.143. The molecule has 1 N–H and O–H groups in total. The molecule has 1 amide bonds. The van der Waals surface area contributed by atoms with Crippen molar-refractivity contribution in [3.05, 3.63) is 64.0 Å². The van der Waals surface area contributed by atoms with Gasteiger partial charge in [-0.3, -0.25) is 19.9 Å². The molecule has 2 rings (SSSR count). The van der Waals surface area contributed by atoms with Crippen molar-refractivity contribution in [1.29, 1.82) is 0 Å². The first-order valence-corrected chi connectivity index (χ1v) is 6.12. The van der Waals surface area contributed by atoms with Crippen LogP contribution in [0.2, 0.25) is 0 Å². The zero-order chi connectivity index (χ0) is 15.4. The van der Waals surface area contributed by atoms with Crippen LogP contribution >= 0.6 is 0 Å². The summed E-state index contributed by atoms with van der Waals surface area (Å²) in [6.07, 6.45) is 1.60. The molecule has 0 saturated carbocycles. The van der Waals surface area contributed by atoms with E-state index >= 15 is 0 Å². The van der Waals surface area contributed by atoms with E-state index in [0.717, 1.165) is 12.1 Å². The van der Waals surface area contributed by atoms with Crippen molar-refractivity contribution in [2.75, 3.05) is 7.05 Å². The number of carbonyl (C=O) groups excluding carboxylic acids is 1. The van der Waals surface area contributed by atoms with Gasteiger partial charge in [0.25, 0.3) is 11.6 Å². The van der Waals surface area contributed by atoms with E-state index in [1.807, 2.05) is 0 Å². The Morgan fingerprint density at radius 1 is 1.38 bits per heavy atom. The Labute approximate surface area is 120 Å². The second-order valence-corrected chi connectivity index (χ2v) is 4.44. The zero-order valence-corrected chi connectivity index (χ0v) is 11.3.